The molecule has 1 aromatic carbocycles. The summed E-state index contributed by atoms with van der Waals surface area (Å²) in [6.07, 6.45) is 12.5. The summed E-state index contributed by atoms with van der Waals surface area (Å²) in [4.78, 5) is 15.4. The molecular formula is C22H30N4O. The lowest BCUT2D eigenvalue weighted by Crippen LogP contribution is -2.47. The van der Waals surface area contributed by atoms with Crippen LogP contribution in [0.25, 0.3) is 5.69 Å². The zero-order valence-electron chi connectivity index (χ0n) is 16.0. The van der Waals surface area contributed by atoms with E-state index in [0.717, 1.165) is 24.2 Å². The number of aromatic nitrogens is 2. The van der Waals surface area contributed by atoms with Crippen molar-refractivity contribution < 1.29 is 4.79 Å². The van der Waals surface area contributed by atoms with Crippen LogP contribution in [-0.2, 0) is 0 Å². The molecule has 2 aromatic rings. The van der Waals surface area contributed by atoms with E-state index in [1.807, 2.05) is 36.5 Å². The molecule has 1 aliphatic heterocycles. The van der Waals surface area contributed by atoms with Gasteiger partial charge < -0.3 is 10.2 Å². The summed E-state index contributed by atoms with van der Waals surface area (Å²) < 4.78 is 1.80. The third kappa shape index (κ3) is 4.59. The first-order valence-electron chi connectivity index (χ1n) is 10.4. The van der Waals surface area contributed by atoms with Gasteiger partial charge in [-0.25, -0.2) is 4.68 Å². The lowest BCUT2D eigenvalue weighted by Gasteiger charge is -2.37. The average molecular weight is 367 g/mol. The van der Waals surface area contributed by atoms with Crippen LogP contribution in [0.4, 0.5) is 0 Å². The van der Waals surface area contributed by atoms with Crippen molar-refractivity contribution >= 4 is 5.91 Å². The van der Waals surface area contributed by atoms with Gasteiger partial charge in [0.1, 0.15) is 0 Å². The van der Waals surface area contributed by atoms with E-state index in [0.29, 0.717) is 12.0 Å². The van der Waals surface area contributed by atoms with Gasteiger partial charge in [-0.2, -0.15) is 5.10 Å². The SMILES string of the molecule is O=C(N[C@H]1CCCC[C@@H]1CN1CCCCC1)c1ccc(-n2cccn2)cc1. The van der Waals surface area contributed by atoms with Gasteiger partial charge in [0.05, 0.1) is 5.69 Å². The Kier molecular flexibility index (Phi) is 5.87. The lowest BCUT2D eigenvalue weighted by atomic mass is 9.83. The van der Waals surface area contributed by atoms with Crippen molar-refractivity contribution in [3.63, 3.8) is 0 Å². The van der Waals surface area contributed by atoms with Crippen LogP contribution in [-0.4, -0.2) is 46.3 Å². The minimum Gasteiger partial charge on any atom is -0.349 e. The van der Waals surface area contributed by atoms with Crippen LogP contribution >= 0.6 is 0 Å². The highest BCUT2D eigenvalue weighted by atomic mass is 16.1. The van der Waals surface area contributed by atoms with Crippen molar-refractivity contribution in [2.45, 2.75) is 51.0 Å². The molecular weight excluding hydrogens is 336 g/mol. The minimum atomic E-state index is 0.0533. The predicted molar refractivity (Wildman–Crippen MR) is 107 cm³/mol. The molecule has 0 bridgehead atoms. The summed E-state index contributed by atoms with van der Waals surface area (Å²) in [5, 5.41) is 7.57. The van der Waals surface area contributed by atoms with Crippen LogP contribution in [0.1, 0.15) is 55.3 Å². The number of amides is 1. The molecule has 1 saturated carbocycles. The van der Waals surface area contributed by atoms with Gasteiger partial charge in [-0.15, -0.1) is 0 Å². The van der Waals surface area contributed by atoms with Crippen molar-refractivity contribution in [1.82, 2.24) is 20.0 Å². The Morgan fingerprint density at radius 2 is 1.81 bits per heavy atom. The molecule has 1 aliphatic carbocycles. The minimum absolute atomic E-state index is 0.0533. The van der Waals surface area contributed by atoms with E-state index in [1.54, 1.807) is 10.9 Å². The fourth-order valence-electron chi connectivity index (χ4n) is 4.53. The maximum atomic E-state index is 12.8. The van der Waals surface area contributed by atoms with Gasteiger partial charge in [-0.1, -0.05) is 19.3 Å². The topological polar surface area (TPSA) is 50.2 Å². The Bertz CT molecular complexity index is 719. The summed E-state index contributed by atoms with van der Waals surface area (Å²) in [5.41, 5.74) is 1.70. The molecule has 2 fully saturated rings. The molecule has 1 amide bonds. The van der Waals surface area contributed by atoms with Crippen molar-refractivity contribution in [1.29, 1.82) is 0 Å². The van der Waals surface area contributed by atoms with E-state index < -0.39 is 0 Å². The molecule has 27 heavy (non-hydrogen) atoms. The van der Waals surface area contributed by atoms with Gasteiger partial charge in [0.25, 0.3) is 5.91 Å². The van der Waals surface area contributed by atoms with Crippen LogP contribution < -0.4 is 5.32 Å². The number of hydrogen-bond donors (Lipinski definition) is 1. The van der Waals surface area contributed by atoms with Gasteiger partial charge in [0, 0.05) is 30.5 Å². The van der Waals surface area contributed by atoms with E-state index in [4.69, 9.17) is 0 Å². The van der Waals surface area contributed by atoms with Crippen molar-refractivity contribution in [3.8, 4) is 5.69 Å². The molecule has 0 spiro atoms. The number of rotatable bonds is 5. The fourth-order valence-corrected chi connectivity index (χ4v) is 4.53. The summed E-state index contributed by atoms with van der Waals surface area (Å²) in [7, 11) is 0. The number of likely N-dealkylation sites (tertiary alicyclic amines) is 1. The van der Waals surface area contributed by atoms with Crippen molar-refractivity contribution in [2.24, 2.45) is 5.92 Å². The first kappa shape index (κ1) is 18.2. The van der Waals surface area contributed by atoms with Crippen molar-refractivity contribution in [2.75, 3.05) is 19.6 Å². The third-order valence-corrected chi connectivity index (χ3v) is 6.07. The van der Waals surface area contributed by atoms with E-state index in [1.165, 1.54) is 51.6 Å². The zero-order valence-corrected chi connectivity index (χ0v) is 16.0. The van der Waals surface area contributed by atoms with Gasteiger partial charge >= 0.3 is 0 Å². The number of carbonyl (C=O) groups is 1. The maximum Gasteiger partial charge on any atom is 0.251 e. The smallest absolute Gasteiger partial charge is 0.251 e. The monoisotopic (exact) mass is 366 g/mol. The Balaban J connectivity index is 1.37. The third-order valence-electron chi connectivity index (χ3n) is 6.07. The molecule has 5 heteroatoms. The molecule has 1 aromatic heterocycles. The molecule has 5 nitrogen and oxygen atoms in total. The molecule has 0 radical (unpaired) electrons. The second kappa shape index (κ2) is 8.70. The summed E-state index contributed by atoms with van der Waals surface area (Å²) in [5.74, 6) is 0.640. The Morgan fingerprint density at radius 3 is 2.56 bits per heavy atom. The number of nitrogens with one attached hydrogen (secondary N) is 1. The van der Waals surface area contributed by atoms with Crippen molar-refractivity contribution in [3.05, 3.63) is 48.3 Å². The van der Waals surface area contributed by atoms with E-state index >= 15 is 0 Å². The highest BCUT2D eigenvalue weighted by molar-refractivity contribution is 5.94. The standard InChI is InChI=1S/C22H30N4O/c27-22(18-9-11-20(12-10-18)26-16-6-13-23-26)24-21-8-3-2-7-19(21)17-25-14-4-1-5-15-25/h6,9-13,16,19,21H,1-5,7-8,14-15,17H2,(H,24,27)/t19-,21+/m1/s1. The van der Waals surface area contributed by atoms with Gasteiger partial charge in [0.15, 0.2) is 0 Å². The fraction of sp³-hybridized carbons (Fsp3) is 0.545. The molecule has 1 N–H and O–H groups in total. The summed E-state index contributed by atoms with van der Waals surface area (Å²) >= 11 is 0. The first-order chi connectivity index (χ1) is 13.3. The van der Waals surface area contributed by atoms with Crippen LogP contribution in [0, 0.1) is 5.92 Å². The van der Waals surface area contributed by atoms with Gasteiger partial charge in [-0.05, 0) is 75.0 Å². The summed E-state index contributed by atoms with van der Waals surface area (Å²) in [6, 6.07) is 9.90. The second-order valence-corrected chi connectivity index (χ2v) is 7.98. The molecule has 144 valence electrons. The quantitative estimate of drug-likeness (QED) is 0.879. The maximum absolute atomic E-state index is 12.8. The van der Waals surface area contributed by atoms with E-state index in [9.17, 15) is 4.79 Å². The van der Waals surface area contributed by atoms with Gasteiger partial charge in [-0.3, -0.25) is 4.79 Å². The number of nitrogens with zero attached hydrogens (tertiary/aromatic N) is 3. The van der Waals surface area contributed by atoms with Crippen LogP contribution in [0.2, 0.25) is 0 Å². The normalized spacial score (nSPS) is 23.9. The zero-order chi connectivity index (χ0) is 18.5. The Labute approximate surface area is 161 Å². The highest BCUT2D eigenvalue weighted by Crippen LogP contribution is 2.26. The lowest BCUT2D eigenvalue weighted by molar-refractivity contribution is 0.0877. The van der Waals surface area contributed by atoms with E-state index in [2.05, 4.69) is 15.3 Å². The molecule has 1 saturated heterocycles. The Hall–Kier alpha value is -2.14. The number of piperidine rings is 1. The second-order valence-electron chi connectivity index (χ2n) is 7.98. The van der Waals surface area contributed by atoms with E-state index in [-0.39, 0.29) is 5.91 Å². The predicted octanol–water partition coefficient (Wildman–Crippen LogP) is 3.65. The average Bonchev–Trinajstić information content (AvgIpc) is 3.25. The molecule has 2 atom stereocenters. The number of hydrogen-bond acceptors (Lipinski definition) is 3. The van der Waals surface area contributed by atoms with Crippen LogP contribution in [0.5, 0.6) is 0 Å². The molecule has 0 unspecified atom stereocenters. The molecule has 2 aliphatic rings. The van der Waals surface area contributed by atoms with Crippen LogP contribution in [0.3, 0.4) is 0 Å². The molecule has 2 heterocycles. The largest absolute Gasteiger partial charge is 0.349 e. The van der Waals surface area contributed by atoms with Gasteiger partial charge in [0.2, 0.25) is 0 Å². The highest BCUT2D eigenvalue weighted by Gasteiger charge is 2.28. The Morgan fingerprint density at radius 1 is 1.04 bits per heavy atom. The molecule has 4 rings (SSSR count). The van der Waals surface area contributed by atoms with Crippen LogP contribution in [0.15, 0.2) is 42.7 Å². The number of carbonyl (C=O) groups excluding carboxylic acids is 1. The summed E-state index contributed by atoms with van der Waals surface area (Å²) in [6.45, 7) is 3.60. The first-order valence-corrected chi connectivity index (χ1v) is 10.4. The number of benzene rings is 1.